The highest BCUT2D eigenvalue weighted by molar-refractivity contribution is 4.81. The third-order valence-electron chi connectivity index (χ3n) is 4.58. The van der Waals surface area contributed by atoms with Crippen molar-refractivity contribution in [2.75, 3.05) is 26.2 Å². The zero-order chi connectivity index (χ0) is 14.8. The molecule has 0 aliphatic carbocycles. The predicted molar refractivity (Wildman–Crippen MR) is 88.3 cm³/mol. The van der Waals surface area contributed by atoms with E-state index in [4.69, 9.17) is 0 Å². The average Bonchev–Trinajstić information content (AvgIpc) is 2.48. The van der Waals surface area contributed by atoms with Crippen LogP contribution in [0.1, 0.15) is 53.4 Å². The van der Waals surface area contributed by atoms with Crippen LogP contribution in [0.15, 0.2) is 0 Å². The van der Waals surface area contributed by atoms with Gasteiger partial charge in [-0.2, -0.15) is 0 Å². The second kappa shape index (κ2) is 10.6. The van der Waals surface area contributed by atoms with Crippen molar-refractivity contribution in [1.29, 1.82) is 0 Å². The maximum atomic E-state index is 3.72. The summed E-state index contributed by atoms with van der Waals surface area (Å²) in [4.78, 5) is 0. The molecule has 120 valence electrons. The highest BCUT2D eigenvalue weighted by Crippen LogP contribution is 2.00. The van der Waals surface area contributed by atoms with Gasteiger partial charge in [-0.05, 0) is 25.7 Å². The Bertz CT molecular complexity index is 171. The van der Waals surface area contributed by atoms with Crippen LogP contribution in [0.4, 0.5) is 0 Å². The van der Waals surface area contributed by atoms with Crippen molar-refractivity contribution in [2.24, 2.45) is 0 Å². The molecule has 4 heteroatoms. The van der Waals surface area contributed by atoms with E-state index in [0.29, 0.717) is 24.2 Å². The zero-order valence-corrected chi connectivity index (χ0v) is 14.0. The molecule has 0 unspecified atom stereocenters. The maximum Gasteiger partial charge on any atom is 0.0190 e. The molecule has 0 aromatic rings. The molecule has 0 bridgehead atoms. The number of nitrogens with one attached hydrogen (secondary N) is 4. The standard InChI is InChI=1S/C16H36N4/c1-5-13-9-18-15(7-3)11-20-16(8-4)12-19-14(6-2)10-17-13/h13-20H,5-12H2,1-4H3/t13-,14-,15-,16-/m1/s1. The summed E-state index contributed by atoms with van der Waals surface area (Å²) in [5.41, 5.74) is 0. The first-order valence-electron chi connectivity index (χ1n) is 8.66. The van der Waals surface area contributed by atoms with Crippen LogP contribution in [0.3, 0.4) is 0 Å². The molecule has 1 aliphatic rings. The summed E-state index contributed by atoms with van der Waals surface area (Å²) >= 11 is 0. The molecular formula is C16H36N4. The Morgan fingerprint density at radius 1 is 0.500 bits per heavy atom. The monoisotopic (exact) mass is 284 g/mol. The van der Waals surface area contributed by atoms with Gasteiger partial charge in [0.05, 0.1) is 0 Å². The summed E-state index contributed by atoms with van der Waals surface area (Å²) in [7, 11) is 0. The van der Waals surface area contributed by atoms with E-state index in [1.54, 1.807) is 0 Å². The largest absolute Gasteiger partial charge is 0.311 e. The minimum atomic E-state index is 0.585. The van der Waals surface area contributed by atoms with Crippen LogP contribution in [-0.2, 0) is 0 Å². The second-order valence-electron chi connectivity index (χ2n) is 6.05. The Labute approximate surface area is 125 Å². The first kappa shape index (κ1) is 17.9. The van der Waals surface area contributed by atoms with E-state index in [1.165, 1.54) is 25.7 Å². The molecule has 1 heterocycles. The van der Waals surface area contributed by atoms with Gasteiger partial charge in [0.1, 0.15) is 0 Å². The van der Waals surface area contributed by atoms with Gasteiger partial charge in [0.2, 0.25) is 0 Å². The van der Waals surface area contributed by atoms with Gasteiger partial charge in [-0.3, -0.25) is 0 Å². The molecule has 1 aliphatic heterocycles. The Balaban J connectivity index is 2.58. The summed E-state index contributed by atoms with van der Waals surface area (Å²) in [6.07, 6.45) is 4.74. The van der Waals surface area contributed by atoms with E-state index >= 15 is 0 Å². The fraction of sp³-hybridized carbons (Fsp3) is 1.00. The predicted octanol–water partition coefficient (Wildman–Crippen LogP) is 1.47. The molecular weight excluding hydrogens is 248 g/mol. The lowest BCUT2D eigenvalue weighted by Gasteiger charge is -2.29. The lowest BCUT2D eigenvalue weighted by atomic mass is 10.1. The van der Waals surface area contributed by atoms with Gasteiger partial charge in [-0.25, -0.2) is 0 Å². The first-order valence-corrected chi connectivity index (χ1v) is 8.66. The molecule has 0 spiro atoms. The normalized spacial score (nSPS) is 34.2. The van der Waals surface area contributed by atoms with Crippen LogP contribution < -0.4 is 21.3 Å². The average molecular weight is 284 g/mol. The van der Waals surface area contributed by atoms with Crippen LogP contribution in [0.25, 0.3) is 0 Å². The Kier molecular flexibility index (Phi) is 9.44. The third kappa shape index (κ3) is 6.53. The van der Waals surface area contributed by atoms with Crippen LogP contribution in [0.2, 0.25) is 0 Å². The van der Waals surface area contributed by atoms with Gasteiger partial charge >= 0.3 is 0 Å². The van der Waals surface area contributed by atoms with Crippen LogP contribution in [0.5, 0.6) is 0 Å². The highest BCUT2D eigenvalue weighted by atomic mass is 15.1. The summed E-state index contributed by atoms with van der Waals surface area (Å²) in [5, 5.41) is 14.9. The van der Waals surface area contributed by atoms with Crippen molar-refractivity contribution in [1.82, 2.24) is 21.3 Å². The van der Waals surface area contributed by atoms with Gasteiger partial charge in [-0.15, -0.1) is 0 Å². The SMILES string of the molecule is CC[C@@H]1CN[C@H](CC)CN[C@H](CC)CN[C@H](CC)CN1. The Morgan fingerprint density at radius 2 is 0.700 bits per heavy atom. The molecule has 0 radical (unpaired) electrons. The highest BCUT2D eigenvalue weighted by Gasteiger charge is 2.16. The molecule has 4 nitrogen and oxygen atoms in total. The fourth-order valence-electron chi connectivity index (χ4n) is 2.68. The third-order valence-corrected chi connectivity index (χ3v) is 4.58. The van der Waals surface area contributed by atoms with E-state index < -0.39 is 0 Å². The minimum Gasteiger partial charge on any atom is -0.311 e. The van der Waals surface area contributed by atoms with E-state index in [2.05, 4.69) is 49.0 Å². The number of hydrogen-bond acceptors (Lipinski definition) is 4. The van der Waals surface area contributed by atoms with Crippen molar-refractivity contribution in [3.8, 4) is 0 Å². The van der Waals surface area contributed by atoms with Gasteiger partial charge in [-0.1, -0.05) is 27.7 Å². The van der Waals surface area contributed by atoms with Crippen molar-refractivity contribution in [2.45, 2.75) is 77.5 Å². The Morgan fingerprint density at radius 3 is 0.850 bits per heavy atom. The molecule has 1 rings (SSSR count). The maximum absolute atomic E-state index is 3.72. The molecule has 0 aromatic carbocycles. The van der Waals surface area contributed by atoms with Crippen LogP contribution in [-0.4, -0.2) is 50.3 Å². The molecule has 0 saturated carbocycles. The summed E-state index contributed by atoms with van der Waals surface area (Å²) < 4.78 is 0. The molecule has 1 fully saturated rings. The topological polar surface area (TPSA) is 48.1 Å². The lowest BCUT2D eigenvalue weighted by Crippen LogP contribution is -2.53. The number of rotatable bonds is 4. The molecule has 4 N–H and O–H groups in total. The zero-order valence-electron chi connectivity index (χ0n) is 14.0. The Hall–Kier alpha value is -0.160. The van der Waals surface area contributed by atoms with Gasteiger partial charge in [0.25, 0.3) is 0 Å². The van der Waals surface area contributed by atoms with Gasteiger partial charge < -0.3 is 21.3 Å². The molecule has 0 aromatic heterocycles. The van der Waals surface area contributed by atoms with E-state index in [1.807, 2.05) is 0 Å². The molecule has 4 atom stereocenters. The number of hydrogen-bond donors (Lipinski definition) is 4. The van der Waals surface area contributed by atoms with Crippen molar-refractivity contribution < 1.29 is 0 Å². The fourth-order valence-corrected chi connectivity index (χ4v) is 2.68. The van der Waals surface area contributed by atoms with Crippen molar-refractivity contribution >= 4 is 0 Å². The van der Waals surface area contributed by atoms with Crippen LogP contribution >= 0.6 is 0 Å². The van der Waals surface area contributed by atoms with Gasteiger partial charge in [0.15, 0.2) is 0 Å². The van der Waals surface area contributed by atoms with Crippen molar-refractivity contribution in [3.63, 3.8) is 0 Å². The molecule has 20 heavy (non-hydrogen) atoms. The lowest BCUT2D eigenvalue weighted by molar-refractivity contribution is 0.334. The summed E-state index contributed by atoms with van der Waals surface area (Å²) in [6, 6.07) is 2.34. The van der Waals surface area contributed by atoms with E-state index in [-0.39, 0.29) is 0 Å². The first-order chi connectivity index (χ1) is 9.73. The summed E-state index contributed by atoms with van der Waals surface area (Å²) in [5.74, 6) is 0. The second-order valence-corrected chi connectivity index (χ2v) is 6.05. The quantitative estimate of drug-likeness (QED) is 0.631. The summed E-state index contributed by atoms with van der Waals surface area (Å²) in [6.45, 7) is 13.4. The molecule has 1 saturated heterocycles. The van der Waals surface area contributed by atoms with Crippen LogP contribution in [0, 0.1) is 0 Å². The van der Waals surface area contributed by atoms with E-state index in [0.717, 1.165) is 26.2 Å². The van der Waals surface area contributed by atoms with Crippen molar-refractivity contribution in [3.05, 3.63) is 0 Å². The minimum absolute atomic E-state index is 0.585. The molecule has 0 amide bonds. The van der Waals surface area contributed by atoms with Gasteiger partial charge in [0, 0.05) is 50.3 Å². The smallest absolute Gasteiger partial charge is 0.0190 e. The van der Waals surface area contributed by atoms with E-state index in [9.17, 15) is 0 Å².